The average molecular weight is 387 g/mol. The van der Waals surface area contributed by atoms with Gasteiger partial charge in [0.1, 0.15) is 5.69 Å². The summed E-state index contributed by atoms with van der Waals surface area (Å²) in [5.74, 6) is -0.520. The Morgan fingerprint density at radius 3 is 2.21 bits per heavy atom. The molecule has 0 spiro atoms. The van der Waals surface area contributed by atoms with Gasteiger partial charge in [-0.25, -0.2) is 0 Å². The lowest BCUT2D eigenvalue weighted by molar-refractivity contribution is 0.0993. The van der Waals surface area contributed by atoms with E-state index in [1.807, 2.05) is 48.5 Å². The van der Waals surface area contributed by atoms with Crippen molar-refractivity contribution >= 4 is 23.2 Å². The molecule has 0 aliphatic carbocycles. The van der Waals surface area contributed by atoms with Gasteiger partial charge in [0.05, 0.1) is 0 Å². The third-order valence-electron chi connectivity index (χ3n) is 4.93. The van der Waals surface area contributed by atoms with Gasteiger partial charge in [-0.2, -0.15) is 0 Å². The number of anilines is 2. The van der Waals surface area contributed by atoms with E-state index in [4.69, 9.17) is 0 Å². The zero-order valence-corrected chi connectivity index (χ0v) is 17.0. The highest BCUT2D eigenvalue weighted by atomic mass is 16.2. The summed E-state index contributed by atoms with van der Waals surface area (Å²) in [6.45, 7) is 4.11. The molecule has 0 fully saturated rings. The first-order chi connectivity index (χ1) is 14.0. The van der Waals surface area contributed by atoms with Crippen molar-refractivity contribution in [3.05, 3.63) is 89.2 Å². The Labute approximate surface area is 171 Å². The summed E-state index contributed by atoms with van der Waals surface area (Å²) in [6.07, 6.45) is 3.13. The molecular formula is C24H25N3O2. The van der Waals surface area contributed by atoms with E-state index in [1.165, 1.54) is 12.3 Å². The number of amides is 2. The van der Waals surface area contributed by atoms with Gasteiger partial charge < -0.3 is 10.2 Å². The summed E-state index contributed by atoms with van der Waals surface area (Å²) in [6, 6.07) is 18.6. The molecule has 0 unspecified atom stereocenters. The van der Waals surface area contributed by atoms with Crippen LogP contribution in [0, 0.1) is 0 Å². The molecular weight excluding hydrogens is 362 g/mol. The lowest BCUT2D eigenvalue weighted by atomic mass is 10.0. The van der Waals surface area contributed by atoms with Crippen LogP contribution in [0.4, 0.5) is 11.4 Å². The molecule has 0 radical (unpaired) electrons. The molecule has 2 aromatic carbocycles. The fourth-order valence-electron chi connectivity index (χ4n) is 3.23. The van der Waals surface area contributed by atoms with Gasteiger partial charge in [-0.1, -0.05) is 50.2 Å². The number of hydrogen-bond acceptors (Lipinski definition) is 3. The number of para-hydroxylation sites is 2. The second-order valence-corrected chi connectivity index (χ2v) is 6.74. The van der Waals surface area contributed by atoms with Crippen molar-refractivity contribution in [2.75, 3.05) is 17.3 Å². The molecule has 29 heavy (non-hydrogen) atoms. The monoisotopic (exact) mass is 387 g/mol. The summed E-state index contributed by atoms with van der Waals surface area (Å²) in [4.78, 5) is 31.4. The first-order valence-corrected chi connectivity index (χ1v) is 9.76. The number of rotatable bonds is 6. The summed E-state index contributed by atoms with van der Waals surface area (Å²) in [5.41, 5.74) is 4.40. The summed E-state index contributed by atoms with van der Waals surface area (Å²) < 4.78 is 0. The van der Waals surface area contributed by atoms with Gasteiger partial charge in [0.2, 0.25) is 0 Å². The van der Waals surface area contributed by atoms with E-state index < -0.39 is 0 Å². The van der Waals surface area contributed by atoms with Crippen molar-refractivity contribution in [1.82, 2.24) is 4.98 Å². The van der Waals surface area contributed by atoms with Crippen molar-refractivity contribution < 1.29 is 9.59 Å². The summed E-state index contributed by atoms with van der Waals surface area (Å²) >= 11 is 0. The molecule has 3 rings (SSSR count). The minimum Gasteiger partial charge on any atom is -0.320 e. The van der Waals surface area contributed by atoms with Crippen molar-refractivity contribution in [1.29, 1.82) is 0 Å². The molecule has 1 aromatic heterocycles. The molecule has 2 amide bonds. The van der Waals surface area contributed by atoms with Gasteiger partial charge >= 0.3 is 0 Å². The quantitative estimate of drug-likeness (QED) is 0.665. The SMILES string of the molecule is CCc1cccc(CC)c1NC(=O)c1cc(C(=O)N(C)c2ccccc2)ccn1. The standard InChI is InChI=1S/C24H25N3O2/c1-4-17-10-9-11-18(5-2)22(17)26-23(28)21-16-19(14-15-25-21)24(29)27(3)20-12-7-6-8-13-20/h6-16H,4-5H2,1-3H3,(H,26,28). The molecule has 1 heterocycles. The molecule has 0 aliphatic rings. The molecule has 0 saturated heterocycles. The fourth-order valence-corrected chi connectivity index (χ4v) is 3.23. The Bertz CT molecular complexity index is 993. The Morgan fingerprint density at radius 2 is 1.59 bits per heavy atom. The van der Waals surface area contributed by atoms with Crippen LogP contribution in [0.15, 0.2) is 66.9 Å². The predicted octanol–water partition coefficient (Wildman–Crippen LogP) is 4.74. The van der Waals surface area contributed by atoms with Gasteiger partial charge in [-0.3, -0.25) is 14.6 Å². The van der Waals surface area contributed by atoms with Crippen molar-refractivity contribution in [3.63, 3.8) is 0 Å². The molecule has 3 aromatic rings. The normalized spacial score (nSPS) is 10.4. The number of carbonyl (C=O) groups excluding carboxylic acids is 2. The number of benzene rings is 2. The van der Waals surface area contributed by atoms with E-state index in [0.717, 1.165) is 35.3 Å². The number of aromatic nitrogens is 1. The number of hydrogen-bond donors (Lipinski definition) is 1. The number of pyridine rings is 1. The highest BCUT2D eigenvalue weighted by Crippen LogP contribution is 2.23. The fraction of sp³-hybridized carbons (Fsp3) is 0.208. The number of carbonyl (C=O) groups is 2. The zero-order valence-electron chi connectivity index (χ0n) is 17.0. The zero-order chi connectivity index (χ0) is 20.8. The maximum Gasteiger partial charge on any atom is 0.274 e. The van der Waals surface area contributed by atoms with Crippen LogP contribution in [0.1, 0.15) is 45.8 Å². The van der Waals surface area contributed by atoms with Gasteiger partial charge in [0.25, 0.3) is 11.8 Å². The average Bonchev–Trinajstić information content (AvgIpc) is 2.78. The molecule has 0 bridgehead atoms. The second kappa shape index (κ2) is 9.15. The summed E-state index contributed by atoms with van der Waals surface area (Å²) in [5, 5.41) is 3.00. The topological polar surface area (TPSA) is 62.3 Å². The van der Waals surface area contributed by atoms with E-state index in [9.17, 15) is 9.59 Å². The maximum absolute atomic E-state index is 12.9. The number of nitrogens with zero attached hydrogens (tertiary/aromatic N) is 2. The van der Waals surface area contributed by atoms with E-state index >= 15 is 0 Å². The predicted molar refractivity (Wildman–Crippen MR) is 117 cm³/mol. The third-order valence-corrected chi connectivity index (χ3v) is 4.93. The lowest BCUT2D eigenvalue weighted by Gasteiger charge is -2.18. The Kier molecular flexibility index (Phi) is 6.39. The van der Waals surface area contributed by atoms with E-state index in [-0.39, 0.29) is 17.5 Å². The van der Waals surface area contributed by atoms with Crippen LogP contribution < -0.4 is 10.2 Å². The van der Waals surface area contributed by atoms with Crippen LogP contribution in [-0.2, 0) is 12.8 Å². The minimum atomic E-state index is -0.322. The van der Waals surface area contributed by atoms with Crippen LogP contribution >= 0.6 is 0 Å². The highest BCUT2D eigenvalue weighted by Gasteiger charge is 2.17. The van der Waals surface area contributed by atoms with Gasteiger partial charge in [-0.15, -0.1) is 0 Å². The van der Waals surface area contributed by atoms with Crippen molar-refractivity contribution in [3.8, 4) is 0 Å². The van der Waals surface area contributed by atoms with Crippen LogP contribution in [0.5, 0.6) is 0 Å². The smallest absolute Gasteiger partial charge is 0.274 e. The van der Waals surface area contributed by atoms with Gasteiger partial charge in [0.15, 0.2) is 0 Å². The third kappa shape index (κ3) is 4.51. The van der Waals surface area contributed by atoms with Gasteiger partial charge in [0, 0.05) is 30.2 Å². The van der Waals surface area contributed by atoms with Crippen molar-refractivity contribution in [2.24, 2.45) is 0 Å². The second-order valence-electron chi connectivity index (χ2n) is 6.74. The van der Waals surface area contributed by atoms with E-state index in [1.54, 1.807) is 18.0 Å². The number of nitrogens with one attached hydrogen (secondary N) is 1. The van der Waals surface area contributed by atoms with Crippen LogP contribution in [0.3, 0.4) is 0 Å². The largest absolute Gasteiger partial charge is 0.320 e. The van der Waals surface area contributed by atoms with Crippen LogP contribution in [0.2, 0.25) is 0 Å². The minimum absolute atomic E-state index is 0.198. The van der Waals surface area contributed by atoms with Crippen LogP contribution in [-0.4, -0.2) is 23.8 Å². The lowest BCUT2D eigenvalue weighted by Crippen LogP contribution is -2.26. The Morgan fingerprint density at radius 1 is 0.931 bits per heavy atom. The first-order valence-electron chi connectivity index (χ1n) is 9.76. The molecule has 0 saturated carbocycles. The molecule has 0 aliphatic heterocycles. The first kappa shape index (κ1) is 20.3. The Balaban J connectivity index is 1.85. The molecule has 1 N–H and O–H groups in total. The molecule has 0 atom stereocenters. The summed E-state index contributed by atoms with van der Waals surface area (Å²) in [7, 11) is 1.71. The highest BCUT2D eigenvalue weighted by molar-refractivity contribution is 6.09. The van der Waals surface area contributed by atoms with Crippen molar-refractivity contribution in [2.45, 2.75) is 26.7 Å². The molecule has 5 heteroatoms. The Hall–Kier alpha value is -3.47. The van der Waals surface area contributed by atoms with Crippen LogP contribution in [0.25, 0.3) is 0 Å². The molecule has 5 nitrogen and oxygen atoms in total. The molecule has 148 valence electrons. The van der Waals surface area contributed by atoms with E-state index in [0.29, 0.717) is 5.56 Å². The van der Waals surface area contributed by atoms with Gasteiger partial charge in [-0.05, 0) is 48.2 Å². The number of aryl methyl sites for hydroxylation is 2. The van der Waals surface area contributed by atoms with E-state index in [2.05, 4.69) is 24.1 Å². The maximum atomic E-state index is 12.9.